The van der Waals surface area contributed by atoms with Crippen LogP contribution >= 0.6 is 0 Å². The summed E-state index contributed by atoms with van der Waals surface area (Å²) in [7, 11) is 1.66. The number of methoxy groups -OCH3 is 1. The lowest BCUT2D eigenvalue weighted by atomic mass is 10.1. The number of benzene rings is 1. The molecule has 0 atom stereocenters. The Bertz CT molecular complexity index is 520. The summed E-state index contributed by atoms with van der Waals surface area (Å²) in [5, 5.41) is 17.4. The van der Waals surface area contributed by atoms with Gasteiger partial charge in [0, 0.05) is 20.1 Å². The van der Waals surface area contributed by atoms with Crippen LogP contribution in [0.2, 0.25) is 0 Å². The van der Waals surface area contributed by atoms with Gasteiger partial charge < -0.3 is 14.4 Å². The first-order valence-corrected chi connectivity index (χ1v) is 6.31. The van der Waals surface area contributed by atoms with Gasteiger partial charge in [-0.3, -0.25) is 0 Å². The highest BCUT2D eigenvalue weighted by atomic mass is 16.5. The fraction of sp³-hybridized carbons (Fsp3) is 0.429. The molecule has 2 rings (SSSR count). The molecule has 19 heavy (non-hydrogen) atoms. The third kappa shape index (κ3) is 3.39. The van der Waals surface area contributed by atoms with E-state index in [1.807, 2.05) is 4.57 Å². The van der Waals surface area contributed by atoms with Crippen LogP contribution in [0.3, 0.4) is 0 Å². The van der Waals surface area contributed by atoms with Crippen molar-refractivity contribution in [3.05, 3.63) is 47.0 Å². The second kappa shape index (κ2) is 6.45. The Kier molecular flexibility index (Phi) is 4.65. The molecule has 2 aromatic rings. The zero-order valence-corrected chi connectivity index (χ0v) is 11.3. The van der Waals surface area contributed by atoms with Crippen molar-refractivity contribution in [2.24, 2.45) is 0 Å². The summed E-state index contributed by atoms with van der Waals surface area (Å²) in [6.07, 6.45) is 0.705. The van der Waals surface area contributed by atoms with Crippen molar-refractivity contribution in [2.45, 2.75) is 26.5 Å². The predicted octanol–water partition coefficient (Wildman–Crippen LogP) is 1.32. The Morgan fingerprint density at radius 1 is 1.16 bits per heavy atom. The van der Waals surface area contributed by atoms with Crippen molar-refractivity contribution in [1.82, 2.24) is 14.8 Å². The second-order valence-electron chi connectivity index (χ2n) is 4.50. The van der Waals surface area contributed by atoms with Crippen LogP contribution in [0.5, 0.6) is 0 Å². The van der Waals surface area contributed by atoms with E-state index in [0.717, 1.165) is 5.82 Å². The van der Waals surface area contributed by atoms with E-state index in [4.69, 9.17) is 4.74 Å². The summed E-state index contributed by atoms with van der Waals surface area (Å²) >= 11 is 0. The normalized spacial score (nSPS) is 10.9. The number of rotatable bonds is 6. The molecule has 0 radical (unpaired) electrons. The Morgan fingerprint density at radius 2 is 1.84 bits per heavy atom. The van der Waals surface area contributed by atoms with Crippen molar-refractivity contribution in [2.75, 3.05) is 13.7 Å². The molecule has 1 N–H and O–H groups in total. The van der Waals surface area contributed by atoms with Gasteiger partial charge in [0.2, 0.25) is 0 Å². The van der Waals surface area contributed by atoms with Gasteiger partial charge in [0.15, 0.2) is 5.82 Å². The maximum absolute atomic E-state index is 9.27. The van der Waals surface area contributed by atoms with Crippen LogP contribution in [-0.4, -0.2) is 33.6 Å². The lowest BCUT2D eigenvalue weighted by Gasteiger charge is -2.08. The quantitative estimate of drug-likeness (QED) is 0.852. The van der Waals surface area contributed by atoms with Crippen LogP contribution in [0.25, 0.3) is 0 Å². The van der Waals surface area contributed by atoms with Crippen molar-refractivity contribution in [1.29, 1.82) is 0 Å². The molecule has 0 aliphatic rings. The third-order valence-corrected chi connectivity index (χ3v) is 3.05. The van der Waals surface area contributed by atoms with Crippen molar-refractivity contribution in [3.63, 3.8) is 0 Å². The van der Waals surface area contributed by atoms with Gasteiger partial charge >= 0.3 is 0 Å². The van der Waals surface area contributed by atoms with E-state index in [1.54, 1.807) is 7.11 Å². The average molecular weight is 261 g/mol. The summed E-state index contributed by atoms with van der Waals surface area (Å²) in [4.78, 5) is 0. The Morgan fingerprint density at radius 3 is 2.47 bits per heavy atom. The van der Waals surface area contributed by atoms with E-state index in [0.29, 0.717) is 25.4 Å². The van der Waals surface area contributed by atoms with E-state index in [-0.39, 0.29) is 6.61 Å². The molecule has 1 aromatic heterocycles. The van der Waals surface area contributed by atoms with Crippen molar-refractivity contribution >= 4 is 0 Å². The lowest BCUT2D eigenvalue weighted by molar-refractivity contribution is 0.181. The number of hydrogen-bond acceptors (Lipinski definition) is 4. The van der Waals surface area contributed by atoms with Crippen LogP contribution in [0.4, 0.5) is 0 Å². The summed E-state index contributed by atoms with van der Waals surface area (Å²) in [5.74, 6) is 1.43. The minimum absolute atomic E-state index is 0.107. The Balaban J connectivity index is 2.19. The van der Waals surface area contributed by atoms with Gasteiger partial charge in [-0.25, -0.2) is 0 Å². The van der Waals surface area contributed by atoms with Gasteiger partial charge in [-0.2, -0.15) is 0 Å². The molecular formula is C14H19N3O2. The first-order chi connectivity index (χ1) is 9.24. The van der Waals surface area contributed by atoms with Crippen LogP contribution in [-0.2, 0) is 24.3 Å². The molecule has 1 aromatic carbocycles. The van der Waals surface area contributed by atoms with Crippen LogP contribution in [0, 0.1) is 6.92 Å². The lowest BCUT2D eigenvalue weighted by Crippen LogP contribution is -2.12. The van der Waals surface area contributed by atoms with Gasteiger partial charge in [0.05, 0.1) is 6.61 Å². The predicted molar refractivity (Wildman–Crippen MR) is 71.8 cm³/mol. The number of hydrogen-bond donors (Lipinski definition) is 1. The molecule has 1 heterocycles. The standard InChI is InChI=1S/C14H19N3O2/c1-11-3-5-12(6-4-11)9-13-15-16-14(10-18)17(13)7-8-19-2/h3-6,18H,7-10H2,1-2H3. The minimum atomic E-state index is -0.107. The second-order valence-corrected chi connectivity index (χ2v) is 4.50. The Hall–Kier alpha value is -1.72. The number of aliphatic hydroxyl groups is 1. The molecule has 0 saturated carbocycles. The van der Waals surface area contributed by atoms with Gasteiger partial charge in [-0.05, 0) is 12.5 Å². The molecule has 0 bridgehead atoms. The largest absolute Gasteiger partial charge is 0.388 e. The molecule has 5 nitrogen and oxygen atoms in total. The molecule has 0 amide bonds. The van der Waals surface area contributed by atoms with E-state index in [1.165, 1.54) is 11.1 Å². The smallest absolute Gasteiger partial charge is 0.158 e. The maximum Gasteiger partial charge on any atom is 0.158 e. The maximum atomic E-state index is 9.27. The van der Waals surface area contributed by atoms with Crippen LogP contribution < -0.4 is 0 Å². The summed E-state index contributed by atoms with van der Waals surface area (Å²) in [5.41, 5.74) is 2.42. The summed E-state index contributed by atoms with van der Waals surface area (Å²) in [6.45, 7) is 3.19. The number of aromatic nitrogens is 3. The number of nitrogens with zero attached hydrogens (tertiary/aromatic N) is 3. The minimum Gasteiger partial charge on any atom is -0.388 e. The summed E-state index contributed by atoms with van der Waals surface area (Å²) < 4.78 is 7.00. The zero-order chi connectivity index (χ0) is 13.7. The van der Waals surface area contributed by atoms with Crippen LogP contribution in [0.1, 0.15) is 22.8 Å². The highest BCUT2D eigenvalue weighted by Crippen LogP contribution is 2.11. The topological polar surface area (TPSA) is 60.2 Å². The van der Waals surface area contributed by atoms with Gasteiger partial charge in [0.1, 0.15) is 12.4 Å². The highest BCUT2D eigenvalue weighted by Gasteiger charge is 2.11. The molecular weight excluding hydrogens is 242 g/mol. The molecule has 0 fully saturated rings. The third-order valence-electron chi connectivity index (χ3n) is 3.05. The van der Waals surface area contributed by atoms with Crippen LogP contribution in [0.15, 0.2) is 24.3 Å². The molecule has 0 saturated heterocycles. The highest BCUT2D eigenvalue weighted by molar-refractivity contribution is 5.24. The number of aliphatic hydroxyl groups excluding tert-OH is 1. The zero-order valence-electron chi connectivity index (χ0n) is 11.3. The molecule has 0 aliphatic heterocycles. The summed E-state index contributed by atoms with van der Waals surface area (Å²) in [6, 6.07) is 8.34. The molecule has 5 heteroatoms. The Labute approximate surface area is 112 Å². The number of ether oxygens (including phenoxy) is 1. The van der Waals surface area contributed by atoms with Gasteiger partial charge in [-0.15, -0.1) is 10.2 Å². The van der Waals surface area contributed by atoms with E-state index in [2.05, 4.69) is 41.4 Å². The monoisotopic (exact) mass is 261 g/mol. The number of aryl methyl sites for hydroxylation is 1. The molecule has 0 aliphatic carbocycles. The van der Waals surface area contributed by atoms with Gasteiger partial charge in [-0.1, -0.05) is 29.8 Å². The average Bonchev–Trinajstić information content (AvgIpc) is 2.81. The van der Waals surface area contributed by atoms with Crippen molar-refractivity contribution < 1.29 is 9.84 Å². The molecule has 0 unspecified atom stereocenters. The van der Waals surface area contributed by atoms with Gasteiger partial charge in [0.25, 0.3) is 0 Å². The first kappa shape index (κ1) is 13.7. The molecule has 0 spiro atoms. The van der Waals surface area contributed by atoms with E-state index in [9.17, 15) is 5.11 Å². The van der Waals surface area contributed by atoms with E-state index < -0.39 is 0 Å². The fourth-order valence-electron chi connectivity index (χ4n) is 1.95. The SMILES string of the molecule is COCCn1c(CO)nnc1Cc1ccc(C)cc1. The van der Waals surface area contributed by atoms with Crippen molar-refractivity contribution in [3.8, 4) is 0 Å². The fourth-order valence-corrected chi connectivity index (χ4v) is 1.95. The first-order valence-electron chi connectivity index (χ1n) is 6.31. The van der Waals surface area contributed by atoms with E-state index >= 15 is 0 Å². The molecule has 102 valence electrons.